The van der Waals surface area contributed by atoms with Gasteiger partial charge in [0, 0.05) is 12.5 Å². The first-order valence-corrected chi connectivity index (χ1v) is 8.38. The van der Waals surface area contributed by atoms with E-state index < -0.39 is 23.6 Å². The first kappa shape index (κ1) is 18.3. The summed E-state index contributed by atoms with van der Waals surface area (Å²) in [6.45, 7) is 6.06. The molecule has 2 amide bonds. The molecular formula is C18H21F2N3O3. The number of nitrogens with zero attached hydrogens (tertiary/aromatic N) is 1. The molecule has 0 bridgehead atoms. The molecule has 0 aliphatic carbocycles. The van der Waals surface area contributed by atoms with Crippen LogP contribution in [-0.4, -0.2) is 23.9 Å². The number of anilines is 1. The van der Waals surface area contributed by atoms with Crippen molar-refractivity contribution in [3.05, 3.63) is 41.8 Å². The summed E-state index contributed by atoms with van der Waals surface area (Å²) >= 11 is 0. The second kappa shape index (κ2) is 6.68. The molecule has 2 heterocycles. The molecule has 1 aromatic rings. The fourth-order valence-corrected chi connectivity index (χ4v) is 2.98. The van der Waals surface area contributed by atoms with Crippen molar-refractivity contribution in [1.29, 1.82) is 0 Å². The van der Waals surface area contributed by atoms with Crippen LogP contribution in [0.15, 0.2) is 30.2 Å². The van der Waals surface area contributed by atoms with Gasteiger partial charge < -0.3 is 4.84 Å². The summed E-state index contributed by atoms with van der Waals surface area (Å²) in [5.74, 6) is -2.19. The molecule has 1 unspecified atom stereocenters. The Morgan fingerprint density at radius 1 is 1.27 bits per heavy atom. The molecule has 0 radical (unpaired) electrons. The van der Waals surface area contributed by atoms with Gasteiger partial charge in [-0.15, -0.1) is 5.48 Å². The summed E-state index contributed by atoms with van der Waals surface area (Å²) in [5, 5.41) is 2.63. The molecule has 3 rings (SSSR count). The number of rotatable bonds is 3. The zero-order valence-electron chi connectivity index (χ0n) is 14.8. The van der Waals surface area contributed by atoms with Gasteiger partial charge >= 0.3 is 0 Å². The maximum Gasteiger partial charge on any atom is 0.249 e. The van der Waals surface area contributed by atoms with E-state index in [9.17, 15) is 18.4 Å². The van der Waals surface area contributed by atoms with Crippen molar-refractivity contribution in [2.24, 2.45) is 5.41 Å². The van der Waals surface area contributed by atoms with Gasteiger partial charge in [0.1, 0.15) is 17.7 Å². The number of hydrogen-bond acceptors (Lipinski definition) is 4. The van der Waals surface area contributed by atoms with Crippen LogP contribution in [0, 0.1) is 17.0 Å². The van der Waals surface area contributed by atoms with Gasteiger partial charge in [0.2, 0.25) is 17.7 Å². The van der Waals surface area contributed by atoms with Crippen molar-refractivity contribution in [3.63, 3.8) is 0 Å². The van der Waals surface area contributed by atoms with Crippen LogP contribution >= 0.6 is 0 Å². The number of halogens is 2. The molecule has 2 aliphatic rings. The molecule has 8 heteroatoms. The van der Waals surface area contributed by atoms with E-state index in [-0.39, 0.29) is 41.8 Å². The quantitative estimate of drug-likeness (QED) is 0.863. The Balaban J connectivity index is 1.77. The fraction of sp³-hybridized carbons (Fsp3) is 0.444. The Morgan fingerprint density at radius 3 is 2.50 bits per heavy atom. The third-order valence-corrected chi connectivity index (χ3v) is 4.43. The Morgan fingerprint density at radius 2 is 1.92 bits per heavy atom. The summed E-state index contributed by atoms with van der Waals surface area (Å²) in [5.41, 5.74) is 2.74. The van der Waals surface area contributed by atoms with E-state index in [0.717, 1.165) is 17.0 Å². The second-order valence-electron chi connectivity index (χ2n) is 7.53. The van der Waals surface area contributed by atoms with Crippen molar-refractivity contribution >= 4 is 17.5 Å². The average Bonchev–Trinajstić information content (AvgIpc) is 3.12. The zero-order valence-corrected chi connectivity index (χ0v) is 14.8. The van der Waals surface area contributed by atoms with Gasteiger partial charge in [-0.25, -0.2) is 8.78 Å². The fourth-order valence-electron chi connectivity index (χ4n) is 2.98. The minimum atomic E-state index is -0.859. The predicted octanol–water partition coefficient (Wildman–Crippen LogP) is 2.37. The smallest absolute Gasteiger partial charge is 0.249 e. The lowest BCUT2D eigenvalue weighted by Gasteiger charge is -2.24. The van der Waals surface area contributed by atoms with Gasteiger partial charge in [-0.3, -0.25) is 19.8 Å². The number of benzene rings is 1. The number of hydrogen-bond donors (Lipinski definition) is 2. The Kier molecular flexibility index (Phi) is 4.70. The molecule has 1 saturated heterocycles. The van der Waals surface area contributed by atoms with Crippen LogP contribution in [-0.2, 0) is 14.4 Å². The highest BCUT2D eigenvalue weighted by atomic mass is 19.1. The summed E-state index contributed by atoms with van der Waals surface area (Å²) < 4.78 is 27.0. The molecule has 26 heavy (non-hydrogen) atoms. The van der Waals surface area contributed by atoms with Gasteiger partial charge in [0.25, 0.3) is 0 Å². The maximum absolute atomic E-state index is 13.5. The highest BCUT2D eigenvalue weighted by molar-refractivity contribution is 6.04. The third kappa shape index (κ3) is 3.70. The van der Waals surface area contributed by atoms with Gasteiger partial charge in [0.05, 0.1) is 11.7 Å². The zero-order chi connectivity index (χ0) is 19.1. The molecule has 0 aromatic heterocycles. The third-order valence-electron chi connectivity index (χ3n) is 4.43. The van der Waals surface area contributed by atoms with E-state index in [4.69, 9.17) is 4.84 Å². The lowest BCUT2D eigenvalue weighted by atomic mass is 9.87. The molecule has 0 saturated carbocycles. The Labute approximate surface area is 150 Å². The minimum Gasteiger partial charge on any atom is -0.390 e. The van der Waals surface area contributed by atoms with Crippen molar-refractivity contribution in [2.45, 2.75) is 45.7 Å². The van der Waals surface area contributed by atoms with Crippen LogP contribution < -0.4 is 15.7 Å². The van der Waals surface area contributed by atoms with Crippen LogP contribution in [0.1, 0.15) is 33.6 Å². The van der Waals surface area contributed by atoms with Crippen LogP contribution in [0.3, 0.4) is 0 Å². The summed E-state index contributed by atoms with van der Waals surface area (Å²) in [6.07, 6.45) is 2.13. The number of carbonyl (C=O) groups is 2. The highest BCUT2D eigenvalue weighted by Crippen LogP contribution is 2.29. The largest absolute Gasteiger partial charge is 0.390 e. The molecule has 1 aromatic carbocycles. The molecule has 2 aliphatic heterocycles. The lowest BCUT2D eigenvalue weighted by Crippen LogP contribution is -2.45. The van der Waals surface area contributed by atoms with Crippen LogP contribution in [0.2, 0.25) is 0 Å². The molecule has 2 atom stereocenters. The normalized spacial score (nSPS) is 23.0. The number of nitrogens with one attached hydrogen (secondary N) is 2. The van der Waals surface area contributed by atoms with Crippen molar-refractivity contribution in [1.82, 2.24) is 10.8 Å². The summed E-state index contributed by atoms with van der Waals surface area (Å²) in [7, 11) is 0. The van der Waals surface area contributed by atoms with Crippen molar-refractivity contribution < 1.29 is 23.2 Å². The molecule has 1 fully saturated rings. The molecule has 0 spiro atoms. The summed E-state index contributed by atoms with van der Waals surface area (Å²) in [4.78, 5) is 31.2. The van der Waals surface area contributed by atoms with Crippen LogP contribution in [0.25, 0.3) is 0 Å². The lowest BCUT2D eigenvalue weighted by molar-refractivity contribution is -0.124. The van der Waals surface area contributed by atoms with Gasteiger partial charge in [-0.2, -0.15) is 0 Å². The van der Waals surface area contributed by atoms with Gasteiger partial charge in [-0.1, -0.05) is 20.8 Å². The Bertz CT molecular complexity index is 753. The van der Waals surface area contributed by atoms with Crippen molar-refractivity contribution in [2.75, 3.05) is 4.90 Å². The highest BCUT2D eigenvalue weighted by Gasteiger charge is 2.39. The van der Waals surface area contributed by atoms with Crippen LogP contribution in [0.4, 0.5) is 14.5 Å². The predicted molar refractivity (Wildman–Crippen MR) is 90.6 cm³/mol. The number of hydroxylamine groups is 1. The van der Waals surface area contributed by atoms with Gasteiger partial charge in [-0.05, 0) is 30.0 Å². The molecular weight excluding hydrogens is 344 g/mol. The van der Waals surface area contributed by atoms with Crippen LogP contribution in [0.5, 0.6) is 0 Å². The second-order valence-corrected chi connectivity index (χ2v) is 7.53. The van der Waals surface area contributed by atoms with E-state index in [1.54, 1.807) is 6.08 Å². The SMILES string of the molecule is CC(C)(C)C1C=C(NC(=O)[C@@H]2CCC(=O)N2c2cc(F)cc(F)c2)ON1. The van der Waals surface area contributed by atoms with E-state index in [1.807, 2.05) is 20.8 Å². The Hall–Kier alpha value is -2.48. The first-order valence-electron chi connectivity index (χ1n) is 8.38. The maximum atomic E-state index is 13.5. The topological polar surface area (TPSA) is 70.7 Å². The molecule has 2 N–H and O–H groups in total. The average molecular weight is 365 g/mol. The number of carbonyl (C=O) groups excluding carboxylic acids is 2. The van der Waals surface area contributed by atoms with E-state index >= 15 is 0 Å². The van der Waals surface area contributed by atoms with Crippen molar-refractivity contribution in [3.8, 4) is 0 Å². The van der Waals surface area contributed by atoms with E-state index in [2.05, 4.69) is 10.8 Å². The first-order chi connectivity index (χ1) is 12.1. The molecule has 6 nitrogen and oxygen atoms in total. The molecule has 140 valence electrons. The monoisotopic (exact) mass is 365 g/mol. The minimum absolute atomic E-state index is 0.0252. The summed E-state index contributed by atoms with van der Waals surface area (Å²) in [6, 6.07) is 1.84. The number of amides is 2. The van der Waals surface area contributed by atoms with E-state index in [1.165, 1.54) is 0 Å². The standard InChI is InChI=1S/C18H21F2N3O3/c1-18(2,3)14-9-15(26-22-14)21-17(25)13-4-5-16(24)23(13)12-7-10(19)6-11(20)8-12/h6-9,13-14,22H,4-5H2,1-3H3,(H,21,25)/t13-,14?/m0/s1. The van der Waals surface area contributed by atoms with E-state index in [0.29, 0.717) is 6.07 Å². The van der Waals surface area contributed by atoms with Gasteiger partial charge in [0.15, 0.2) is 0 Å².